The van der Waals surface area contributed by atoms with Gasteiger partial charge in [-0.3, -0.25) is 9.59 Å². The predicted octanol–water partition coefficient (Wildman–Crippen LogP) is 6.25. The maximum atomic E-state index is 14.3. The van der Waals surface area contributed by atoms with E-state index in [2.05, 4.69) is 5.32 Å². The zero-order valence-corrected chi connectivity index (χ0v) is 18.5. The fourth-order valence-electron chi connectivity index (χ4n) is 3.27. The van der Waals surface area contributed by atoms with Crippen LogP contribution in [0.3, 0.4) is 0 Å². The van der Waals surface area contributed by atoms with E-state index in [1.807, 2.05) is 24.3 Å². The molecule has 0 saturated heterocycles. The molecule has 0 aliphatic rings. The average molecular weight is 489 g/mol. The minimum absolute atomic E-state index is 0.0675. The Morgan fingerprint density at radius 2 is 1.73 bits per heavy atom. The number of benzene rings is 3. The summed E-state index contributed by atoms with van der Waals surface area (Å²) in [5, 5.41) is 3.22. The van der Waals surface area contributed by atoms with E-state index >= 15 is 0 Å². The van der Waals surface area contributed by atoms with Crippen molar-refractivity contribution in [2.24, 2.45) is 0 Å². The summed E-state index contributed by atoms with van der Waals surface area (Å²) >= 11 is 6.98. The molecule has 1 aromatic heterocycles. The van der Waals surface area contributed by atoms with Gasteiger partial charge in [0, 0.05) is 22.5 Å². The molecule has 0 radical (unpaired) electrons. The molecule has 9 heteroatoms. The predicted molar refractivity (Wildman–Crippen MR) is 123 cm³/mol. The first kappa shape index (κ1) is 22.8. The summed E-state index contributed by atoms with van der Waals surface area (Å²) in [6.07, 6.45) is 0. The molecule has 4 aromatic rings. The molecule has 4 rings (SSSR count). The number of hydrogen-bond acceptors (Lipinski definition) is 3. The zero-order chi connectivity index (χ0) is 23.5. The van der Waals surface area contributed by atoms with Crippen molar-refractivity contribution in [1.29, 1.82) is 0 Å². The first-order valence-electron chi connectivity index (χ1n) is 9.77. The number of halogens is 4. The van der Waals surface area contributed by atoms with Gasteiger partial charge in [-0.25, -0.2) is 13.2 Å². The minimum Gasteiger partial charge on any atom is -0.324 e. The molecule has 0 saturated carbocycles. The topological polar surface area (TPSA) is 49.4 Å². The number of thiophene rings is 1. The molecule has 1 N–H and O–H groups in total. The number of anilines is 1. The Hall–Kier alpha value is -3.36. The molecule has 0 bridgehead atoms. The molecule has 4 nitrogen and oxygen atoms in total. The molecule has 0 aliphatic heterocycles. The Bertz CT molecular complexity index is 1330. The molecule has 0 atom stereocenters. The Morgan fingerprint density at radius 1 is 0.939 bits per heavy atom. The summed E-state index contributed by atoms with van der Waals surface area (Å²) in [6.45, 7) is -0.772. The van der Waals surface area contributed by atoms with Gasteiger partial charge in [0.15, 0.2) is 11.6 Å². The Morgan fingerprint density at radius 3 is 2.48 bits per heavy atom. The third-order valence-electron chi connectivity index (χ3n) is 4.85. The lowest BCUT2D eigenvalue weighted by Gasteiger charge is -2.22. The van der Waals surface area contributed by atoms with Gasteiger partial charge < -0.3 is 10.2 Å². The Kier molecular flexibility index (Phi) is 6.67. The molecule has 168 valence electrons. The number of hydrogen-bond donors (Lipinski definition) is 1. The van der Waals surface area contributed by atoms with Gasteiger partial charge >= 0.3 is 0 Å². The molecule has 0 aliphatic carbocycles. The molecule has 1 heterocycles. The maximum Gasteiger partial charge on any atom is 0.264 e. The summed E-state index contributed by atoms with van der Waals surface area (Å²) in [5.41, 5.74) is 0.166. The van der Waals surface area contributed by atoms with Crippen molar-refractivity contribution in [3.63, 3.8) is 0 Å². The van der Waals surface area contributed by atoms with Gasteiger partial charge in [-0.2, -0.15) is 0 Å². The van der Waals surface area contributed by atoms with Gasteiger partial charge in [0.25, 0.3) is 5.91 Å². The number of fused-ring (bicyclic) bond motifs is 1. The monoisotopic (exact) mass is 488 g/mol. The van der Waals surface area contributed by atoms with Gasteiger partial charge in [-0.05, 0) is 41.8 Å². The van der Waals surface area contributed by atoms with Gasteiger partial charge in [0.05, 0.1) is 9.90 Å². The van der Waals surface area contributed by atoms with Crippen molar-refractivity contribution >= 4 is 50.5 Å². The highest BCUT2D eigenvalue weighted by Crippen LogP contribution is 2.27. The lowest BCUT2D eigenvalue weighted by Crippen LogP contribution is -2.37. The molecule has 0 unspecified atom stereocenters. The number of carbonyl (C=O) groups excluding carboxylic acids is 2. The maximum absolute atomic E-state index is 14.3. The largest absolute Gasteiger partial charge is 0.324 e. The number of nitrogens with zero attached hydrogens (tertiary/aromatic N) is 1. The quantitative estimate of drug-likeness (QED) is 0.348. The fraction of sp³-hybridized carbons (Fsp3) is 0.0833. The van der Waals surface area contributed by atoms with Crippen molar-refractivity contribution in [1.82, 2.24) is 4.90 Å². The molecule has 3 aromatic carbocycles. The van der Waals surface area contributed by atoms with E-state index < -0.39 is 35.8 Å². The lowest BCUT2D eigenvalue weighted by molar-refractivity contribution is -0.117. The molecular formula is C24H16ClF3N2O2S. The van der Waals surface area contributed by atoms with E-state index in [9.17, 15) is 22.8 Å². The Labute approximate surface area is 196 Å². The van der Waals surface area contributed by atoms with E-state index in [1.54, 1.807) is 6.07 Å². The molecule has 33 heavy (non-hydrogen) atoms. The lowest BCUT2D eigenvalue weighted by atomic mass is 10.1. The van der Waals surface area contributed by atoms with Gasteiger partial charge in [0.2, 0.25) is 5.91 Å². The Balaban J connectivity index is 1.61. The molecule has 2 amide bonds. The van der Waals surface area contributed by atoms with E-state index in [1.165, 1.54) is 35.6 Å². The summed E-state index contributed by atoms with van der Waals surface area (Å²) in [6, 6.07) is 16.4. The van der Waals surface area contributed by atoms with E-state index in [4.69, 9.17) is 11.6 Å². The second kappa shape index (κ2) is 9.64. The smallest absolute Gasteiger partial charge is 0.264 e. The van der Waals surface area contributed by atoms with Crippen LogP contribution in [-0.4, -0.2) is 23.3 Å². The first-order valence-corrected chi connectivity index (χ1v) is 11.0. The molecule has 0 spiro atoms. The van der Waals surface area contributed by atoms with Crippen LogP contribution in [0.2, 0.25) is 5.02 Å². The third kappa shape index (κ3) is 5.18. The van der Waals surface area contributed by atoms with Crippen molar-refractivity contribution < 1.29 is 22.8 Å². The van der Waals surface area contributed by atoms with Gasteiger partial charge in [-0.15, -0.1) is 11.3 Å². The number of amides is 2. The fourth-order valence-corrected chi connectivity index (χ4v) is 4.48. The molecule has 0 fully saturated rings. The second-order valence-electron chi connectivity index (χ2n) is 7.20. The van der Waals surface area contributed by atoms with Crippen LogP contribution in [0.5, 0.6) is 0 Å². The van der Waals surface area contributed by atoms with E-state index in [0.29, 0.717) is 4.88 Å². The second-order valence-corrected chi connectivity index (χ2v) is 8.69. The van der Waals surface area contributed by atoms with Crippen molar-refractivity contribution in [2.45, 2.75) is 6.54 Å². The highest BCUT2D eigenvalue weighted by molar-refractivity contribution is 7.20. The summed E-state index contributed by atoms with van der Waals surface area (Å²) < 4.78 is 42.3. The van der Waals surface area contributed by atoms with Crippen LogP contribution < -0.4 is 5.32 Å². The van der Waals surface area contributed by atoms with Crippen LogP contribution >= 0.6 is 22.9 Å². The SMILES string of the molecule is O=C(CN(Cc1cccc(F)c1F)C(=O)c1cc2ccccc2s1)Nc1ccc(F)c(Cl)c1. The van der Waals surface area contributed by atoms with Crippen molar-refractivity contribution in [2.75, 3.05) is 11.9 Å². The average Bonchev–Trinajstić information content (AvgIpc) is 3.22. The first-order chi connectivity index (χ1) is 15.8. The van der Waals surface area contributed by atoms with E-state index in [-0.39, 0.29) is 22.8 Å². The zero-order valence-electron chi connectivity index (χ0n) is 16.9. The van der Waals surface area contributed by atoms with Crippen LogP contribution in [0, 0.1) is 17.5 Å². The highest BCUT2D eigenvalue weighted by Gasteiger charge is 2.23. The van der Waals surface area contributed by atoms with Crippen molar-refractivity contribution in [3.8, 4) is 0 Å². The summed E-state index contributed by atoms with van der Waals surface area (Å²) in [5.74, 6) is -3.89. The molecular weight excluding hydrogens is 473 g/mol. The van der Waals surface area contributed by atoms with Crippen LogP contribution in [0.1, 0.15) is 15.2 Å². The third-order valence-corrected chi connectivity index (χ3v) is 6.25. The van der Waals surface area contributed by atoms with Crippen LogP contribution in [0.25, 0.3) is 10.1 Å². The highest BCUT2D eigenvalue weighted by atomic mass is 35.5. The van der Waals surface area contributed by atoms with Crippen LogP contribution in [0.4, 0.5) is 18.9 Å². The number of nitrogens with one attached hydrogen (secondary N) is 1. The van der Waals surface area contributed by atoms with Crippen LogP contribution in [-0.2, 0) is 11.3 Å². The van der Waals surface area contributed by atoms with Gasteiger partial charge in [0.1, 0.15) is 12.4 Å². The number of rotatable bonds is 6. The summed E-state index contributed by atoms with van der Waals surface area (Å²) in [4.78, 5) is 27.4. The minimum atomic E-state index is -1.09. The number of carbonyl (C=O) groups is 2. The van der Waals surface area contributed by atoms with Crippen molar-refractivity contribution in [3.05, 3.63) is 99.6 Å². The van der Waals surface area contributed by atoms with E-state index in [0.717, 1.165) is 27.1 Å². The summed E-state index contributed by atoms with van der Waals surface area (Å²) in [7, 11) is 0. The normalized spacial score (nSPS) is 10.9. The van der Waals surface area contributed by atoms with Gasteiger partial charge in [-0.1, -0.05) is 41.9 Å². The standard InChI is InChI=1S/C24H16ClF3N2O2S/c25-17-11-16(8-9-18(17)26)29-22(31)13-30(12-15-5-3-6-19(27)23(15)28)24(32)21-10-14-4-1-2-7-20(14)33-21/h1-11H,12-13H2,(H,29,31). The van der Waals surface area contributed by atoms with Crippen LogP contribution in [0.15, 0.2) is 66.7 Å².